The molecule has 7 heteroatoms. The first kappa shape index (κ1) is 21.8. The van der Waals surface area contributed by atoms with Crippen LogP contribution >= 0.6 is 11.8 Å². The molecule has 0 saturated carbocycles. The van der Waals surface area contributed by atoms with Gasteiger partial charge in [-0.2, -0.15) is 0 Å². The standard InChI is InChI=1S/C25H23FN4OS/c1-16-9-14-22(17(2)15-16)27-24(31)18(3)32-25-29-28-23(19-10-12-20(26)13-11-19)30(25)21-7-5-4-6-8-21/h4-15,18H,1-3H3,(H,27,31). The summed E-state index contributed by atoms with van der Waals surface area (Å²) in [7, 11) is 0. The van der Waals surface area contributed by atoms with Gasteiger partial charge in [0.2, 0.25) is 5.91 Å². The van der Waals surface area contributed by atoms with Crippen molar-refractivity contribution >= 4 is 23.4 Å². The van der Waals surface area contributed by atoms with Crippen LogP contribution in [0.25, 0.3) is 17.1 Å². The van der Waals surface area contributed by atoms with Crippen molar-refractivity contribution in [1.29, 1.82) is 0 Å². The first-order chi connectivity index (χ1) is 15.4. The van der Waals surface area contributed by atoms with E-state index in [1.807, 2.05) is 73.9 Å². The van der Waals surface area contributed by atoms with Gasteiger partial charge in [-0.3, -0.25) is 9.36 Å². The van der Waals surface area contributed by atoms with Crippen LogP contribution in [0, 0.1) is 19.7 Å². The van der Waals surface area contributed by atoms with E-state index in [0.717, 1.165) is 28.1 Å². The highest BCUT2D eigenvalue weighted by Gasteiger charge is 2.22. The Bertz CT molecular complexity index is 1240. The molecule has 5 nitrogen and oxygen atoms in total. The summed E-state index contributed by atoms with van der Waals surface area (Å²) in [6.45, 7) is 5.83. The van der Waals surface area contributed by atoms with Gasteiger partial charge in [-0.25, -0.2) is 4.39 Å². The van der Waals surface area contributed by atoms with Gasteiger partial charge in [-0.05, 0) is 68.8 Å². The van der Waals surface area contributed by atoms with E-state index in [2.05, 4.69) is 15.5 Å². The minimum absolute atomic E-state index is 0.118. The molecule has 0 aliphatic carbocycles. The Hall–Kier alpha value is -3.45. The number of para-hydroxylation sites is 1. The molecular weight excluding hydrogens is 423 g/mol. The van der Waals surface area contributed by atoms with Gasteiger partial charge in [0.05, 0.1) is 5.25 Å². The van der Waals surface area contributed by atoms with Gasteiger partial charge in [0.15, 0.2) is 11.0 Å². The van der Waals surface area contributed by atoms with Crippen molar-refractivity contribution in [2.45, 2.75) is 31.2 Å². The molecule has 1 N–H and O–H groups in total. The van der Waals surface area contributed by atoms with Crippen molar-refractivity contribution in [3.05, 3.63) is 89.7 Å². The molecule has 0 radical (unpaired) electrons. The highest BCUT2D eigenvalue weighted by Crippen LogP contribution is 2.31. The van der Waals surface area contributed by atoms with Crippen LogP contribution in [0.1, 0.15) is 18.1 Å². The highest BCUT2D eigenvalue weighted by atomic mass is 32.2. The van der Waals surface area contributed by atoms with Crippen molar-refractivity contribution in [3.63, 3.8) is 0 Å². The lowest BCUT2D eigenvalue weighted by Crippen LogP contribution is -2.23. The van der Waals surface area contributed by atoms with E-state index in [0.29, 0.717) is 11.0 Å². The van der Waals surface area contributed by atoms with Crippen LogP contribution in [0.15, 0.2) is 78.0 Å². The number of amides is 1. The fourth-order valence-corrected chi connectivity index (χ4v) is 4.21. The number of carbonyl (C=O) groups is 1. The molecule has 0 spiro atoms. The van der Waals surface area contributed by atoms with E-state index in [-0.39, 0.29) is 11.7 Å². The zero-order valence-corrected chi connectivity index (χ0v) is 18.9. The van der Waals surface area contributed by atoms with Crippen molar-refractivity contribution in [2.24, 2.45) is 0 Å². The van der Waals surface area contributed by atoms with Gasteiger partial charge in [0.1, 0.15) is 5.82 Å². The van der Waals surface area contributed by atoms with E-state index in [4.69, 9.17) is 0 Å². The van der Waals surface area contributed by atoms with Crippen molar-refractivity contribution in [3.8, 4) is 17.1 Å². The number of hydrogen-bond donors (Lipinski definition) is 1. The molecule has 0 fully saturated rings. The van der Waals surface area contributed by atoms with Crippen molar-refractivity contribution in [1.82, 2.24) is 14.8 Å². The number of carbonyl (C=O) groups excluding carboxylic acids is 1. The van der Waals surface area contributed by atoms with Crippen LogP contribution in [0.3, 0.4) is 0 Å². The molecular formula is C25H23FN4OS. The average molecular weight is 447 g/mol. The minimum atomic E-state index is -0.413. The van der Waals surface area contributed by atoms with E-state index in [1.54, 1.807) is 12.1 Å². The highest BCUT2D eigenvalue weighted by molar-refractivity contribution is 8.00. The van der Waals surface area contributed by atoms with Gasteiger partial charge in [-0.1, -0.05) is 47.7 Å². The molecule has 3 aromatic carbocycles. The molecule has 0 saturated heterocycles. The number of hydrogen-bond acceptors (Lipinski definition) is 4. The molecule has 1 unspecified atom stereocenters. The predicted octanol–water partition coefficient (Wildman–Crippen LogP) is 5.81. The fourth-order valence-electron chi connectivity index (χ4n) is 3.34. The lowest BCUT2D eigenvalue weighted by molar-refractivity contribution is -0.115. The second-order valence-electron chi connectivity index (χ2n) is 7.55. The zero-order valence-electron chi connectivity index (χ0n) is 18.0. The Morgan fingerprint density at radius 1 is 1.00 bits per heavy atom. The minimum Gasteiger partial charge on any atom is -0.325 e. The van der Waals surface area contributed by atoms with E-state index < -0.39 is 5.25 Å². The molecule has 4 rings (SSSR count). The quantitative estimate of drug-likeness (QED) is 0.380. The van der Waals surface area contributed by atoms with Crippen LogP contribution in [0.5, 0.6) is 0 Å². The summed E-state index contributed by atoms with van der Waals surface area (Å²) in [5, 5.41) is 11.9. The Morgan fingerprint density at radius 2 is 1.72 bits per heavy atom. The zero-order chi connectivity index (χ0) is 22.7. The molecule has 1 heterocycles. The van der Waals surface area contributed by atoms with Crippen LogP contribution in [-0.2, 0) is 4.79 Å². The Labute approximate surface area is 190 Å². The summed E-state index contributed by atoms with van der Waals surface area (Å²) in [4.78, 5) is 12.9. The van der Waals surface area contributed by atoms with Crippen molar-refractivity contribution in [2.75, 3.05) is 5.32 Å². The Kier molecular flexibility index (Phi) is 6.37. The topological polar surface area (TPSA) is 59.8 Å². The molecule has 1 atom stereocenters. The Balaban J connectivity index is 1.63. The third-order valence-electron chi connectivity index (χ3n) is 5.04. The van der Waals surface area contributed by atoms with Gasteiger partial charge >= 0.3 is 0 Å². The van der Waals surface area contributed by atoms with Gasteiger partial charge in [0.25, 0.3) is 0 Å². The summed E-state index contributed by atoms with van der Waals surface area (Å²) in [5.41, 5.74) is 4.56. The first-order valence-electron chi connectivity index (χ1n) is 10.2. The number of rotatable bonds is 6. The number of halogens is 1. The molecule has 1 aromatic heterocycles. The molecule has 0 aliphatic heterocycles. The monoisotopic (exact) mass is 446 g/mol. The van der Waals surface area contributed by atoms with Crippen LogP contribution < -0.4 is 5.32 Å². The van der Waals surface area contributed by atoms with Gasteiger partial charge < -0.3 is 5.32 Å². The maximum Gasteiger partial charge on any atom is 0.237 e. The van der Waals surface area contributed by atoms with Gasteiger partial charge in [-0.15, -0.1) is 10.2 Å². The number of aromatic nitrogens is 3. The number of benzene rings is 3. The number of thioether (sulfide) groups is 1. The number of nitrogens with one attached hydrogen (secondary N) is 1. The van der Waals surface area contributed by atoms with Crippen LogP contribution in [-0.4, -0.2) is 25.9 Å². The van der Waals surface area contributed by atoms with E-state index in [1.165, 1.54) is 23.9 Å². The summed E-state index contributed by atoms with van der Waals surface area (Å²) in [6.07, 6.45) is 0. The SMILES string of the molecule is Cc1ccc(NC(=O)C(C)Sc2nnc(-c3ccc(F)cc3)n2-c2ccccc2)c(C)c1. The number of nitrogens with zero attached hydrogens (tertiary/aromatic N) is 3. The molecule has 4 aromatic rings. The third kappa shape index (κ3) is 4.73. The van der Waals surface area contributed by atoms with Crippen LogP contribution in [0.2, 0.25) is 0 Å². The van der Waals surface area contributed by atoms with E-state index >= 15 is 0 Å². The second kappa shape index (κ2) is 9.36. The summed E-state index contributed by atoms with van der Waals surface area (Å²) < 4.78 is 15.3. The lowest BCUT2D eigenvalue weighted by Gasteiger charge is -2.15. The van der Waals surface area contributed by atoms with Crippen LogP contribution in [0.4, 0.5) is 10.1 Å². The molecule has 32 heavy (non-hydrogen) atoms. The summed E-state index contributed by atoms with van der Waals surface area (Å²) >= 11 is 1.32. The number of aryl methyl sites for hydroxylation is 2. The molecule has 1 amide bonds. The first-order valence-corrected chi connectivity index (χ1v) is 11.1. The van der Waals surface area contributed by atoms with Gasteiger partial charge in [0, 0.05) is 16.9 Å². The predicted molar refractivity (Wildman–Crippen MR) is 127 cm³/mol. The Morgan fingerprint density at radius 3 is 2.41 bits per heavy atom. The molecule has 0 aliphatic rings. The smallest absolute Gasteiger partial charge is 0.237 e. The maximum atomic E-state index is 13.4. The average Bonchev–Trinajstić information content (AvgIpc) is 3.20. The largest absolute Gasteiger partial charge is 0.325 e. The number of anilines is 1. The normalized spacial score (nSPS) is 11.9. The summed E-state index contributed by atoms with van der Waals surface area (Å²) in [6, 6.07) is 21.7. The molecule has 162 valence electrons. The summed E-state index contributed by atoms with van der Waals surface area (Å²) in [5.74, 6) is 0.152. The second-order valence-corrected chi connectivity index (χ2v) is 8.86. The van der Waals surface area contributed by atoms with E-state index in [9.17, 15) is 9.18 Å². The lowest BCUT2D eigenvalue weighted by atomic mass is 10.1. The maximum absolute atomic E-state index is 13.4. The van der Waals surface area contributed by atoms with Crippen molar-refractivity contribution < 1.29 is 9.18 Å². The third-order valence-corrected chi connectivity index (χ3v) is 6.08. The fraction of sp³-hybridized carbons (Fsp3) is 0.160. The molecule has 0 bridgehead atoms.